The SMILES string of the molecule is CCNC(c1cc(Br)ccc1OC)c1ccoc1Br. The van der Waals surface area contributed by atoms with Crippen LogP contribution in [0, 0.1) is 0 Å². The quantitative estimate of drug-likeness (QED) is 0.817. The van der Waals surface area contributed by atoms with Gasteiger partial charge in [-0.3, -0.25) is 0 Å². The van der Waals surface area contributed by atoms with Crippen molar-refractivity contribution in [1.29, 1.82) is 0 Å². The lowest BCUT2D eigenvalue weighted by Crippen LogP contribution is -2.22. The second-order valence-corrected chi connectivity index (χ2v) is 5.66. The fourth-order valence-electron chi connectivity index (χ4n) is 2.03. The maximum Gasteiger partial charge on any atom is 0.174 e. The van der Waals surface area contributed by atoms with Gasteiger partial charge in [-0.1, -0.05) is 22.9 Å². The van der Waals surface area contributed by atoms with E-state index in [4.69, 9.17) is 9.15 Å². The minimum Gasteiger partial charge on any atom is -0.496 e. The van der Waals surface area contributed by atoms with Crippen LogP contribution < -0.4 is 10.1 Å². The molecule has 2 rings (SSSR count). The minimum absolute atomic E-state index is 0.0191. The third-order valence-electron chi connectivity index (χ3n) is 2.87. The van der Waals surface area contributed by atoms with Crippen LogP contribution >= 0.6 is 31.9 Å². The highest BCUT2D eigenvalue weighted by Crippen LogP contribution is 2.35. The zero-order valence-electron chi connectivity index (χ0n) is 10.7. The summed E-state index contributed by atoms with van der Waals surface area (Å²) in [7, 11) is 1.68. The Morgan fingerprint density at radius 2 is 2.05 bits per heavy atom. The lowest BCUT2D eigenvalue weighted by atomic mass is 10.00. The van der Waals surface area contributed by atoms with Crippen LogP contribution in [0.2, 0.25) is 0 Å². The molecule has 0 aliphatic carbocycles. The van der Waals surface area contributed by atoms with Crippen LogP contribution in [-0.4, -0.2) is 13.7 Å². The summed E-state index contributed by atoms with van der Waals surface area (Å²) in [4.78, 5) is 0. The van der Waals surface area contributed by atoms with Gasteiger partial charge in [-0.25, -0.2) is 0 Å². The lowest BCUT2D eigenvalue weighted by Gasteiger charge is -2.20. The molecule has 1 heterocycles. The van der Waals surface area contributed by atoms with Crippen molar-refractivity contribution in [3.8, 4) is 5.75 Å². The van der Waals surface area contributed by atoms with Crippen molar-refractivity contribution in [3.63, 3.8) is 0 Å². The smallest absolute Gasteiger partial charge is 0.174 e. The van der Waals surface area contributed by atoms with E-state index < -0.39 is 0 Å². The Labute approximate surface area is 129 Å². The first-order chi connectivity index (χ1) is 9.17. The van der Waals surface area contributed by atoms with Crippen LogP contribution in [0.3, 0.4) is 0 Å². The molecule has 0 amide bonds. The van der Waals surface area contributed by atoms with Gasteiger partial charge in [0.1, 0.15) is 5.75 Å². The Balaban J connectivity index is 2.50. The van der Waals surface area contributed by atoms with Crippen LogP contribution in [0.4, 0.5) is 0 Å². The third-order valence-corrected chi connectivity index (χ3v) is 4.01. The highest BCUT2D eigenvalue weighted by atomic mass is 79.9. The number of ether oxygens (including phenoxy) is 1. The molecule has 0 radical (unpaired) electrons. The number of furan rings is 1. The van der Waals surface area contributed by atoms with E-state index in [1.54, 1.807) is 13.4 Å². The second kappa shape index (κ2) is 6.59. The lowest BCUT2D eigenvalue weighted by molar-refractivity contribution is 0.403. The summed E-state index contributed by atoms with van der Waals surface area (Å²) in [5.41, 5.74) is 2.12. The first kappa shape index (κ1) is 14.6. The fraction of sp³-hybridized carbons (Fsp3) is 0.286. The molecule has 0 aliphatic heterocycles. The zero-order valence-corrected chi connectivity index (χ0v) is 13.9. The van der Waals surface area contributed by atoms with Crippen LogP contribution in [0.25, 0.3) is 0 Å². The predicted molar refractivity (Wildman–Crippen MR) is 82.6 cm³/mol. The molecule has 1 N–H and O–H groups in total. The van der Waals surface area contributed by atoms with E-state index in [2.05, 4.69) is 50.2 Å². The molecule has 1 atom stereocenters. The standard InChI is InChI=1S/C14H15Br2NO2/c1-3-17-13(10-6-7-19-14(10)16)11-8-9(15)4-5-12(11)18-2/h4-8,13,17H,3H2,1-2H3. The molecule has 1 aromatic carbocycles. The van der Waals surface area contributed by atoms with Gasteiger partial charge in [0, 0.05) is 15.6 Å². The Hall–Kier alpha value is -0.780. The first-order valence-corrected chi connectivity index (χ1v) is 7.55. The molecule has 0 saturated carbocycles. The minimum atomic E-state index is 0.0191. The second-order valence-electron chi connectivity index (χ2n) is 4.03. The van der Waals surface area contributed by atoms with Crippen molar-refractivity contribution in [3.05, 3.63) is 50.8 Å². The molecule has 3 nitrogen and oxygen atoms in total. The third kappa shape index (κ3) is 3.22. The van der Waals surface area contributed by atoms with Crippen molar-refractivity contribution >= 4 is 31.9 Å². The van der Waals surface area contributed by atoms with E-state index in [1.807, 2.05) is 18.2 Å². The maximum absolute atomic E-state index is 5.46. The molecule has 2 aromatic rings. The predicted octanol–water partition coefficient (Wildman–Crippen LogP) is 4.51. The van der Waals surface area contributed by atoms with Crippen molar-refractivity contribution in [2.75, 3.05) is 13.7 Å². The van der Waals surface area contributed by atoms with Crippen LogP contribution in [0.5, 0.6) is 5.75 Å². The molecule has 1 aromatic heterocycles. The largest absolute Gasteiger partial charge is 0.496 e. The molecule has 0 spiro atoms. The van der Waals surface area contributed by atoms with Crippen LogP contribution in [0.1, 0.15) is 24.1 Å². The van der Waals surface area contributed by atoms with Gasteiger partial charge in [0.15, 0.2) is 4.67 Å². The van der Waals surface area contributed by atoms with Gasteiger partial charge >= 0.3 is 0 Å². The summed E-state index contributed by atoms with van der Waals surface area (Å²) in [6, 6.07) is 7.96. The molecule has 102 valence electrons. The maximum atomic E-state index is 5.46. The monoisotopic (exact) mass is 387 g/mol. The molecule has 0 fully saturated rings. The van der Waals surface area contributed by atoms with Gasteiger partial charge < -0.3 is 14.5 Å². The summed E-state index contributed by atoms with van der Waals surface area (Å²) in [5.74, 6) is 0.849. The molecular formula is C14H15Br2NO2. The topological polar surface area (TPSA) is 34.4 Å². The van der Waals surface area contributed by atoms with Crippen LogP contribution in [0.15, 0.2) is 44.1 Å². The average Bonchev–Trinajstić information content (AvgIpc) is 2.82. The average molecular weight is 389 g/mol. The Morgan fingerprint density at radius 1 is 1.26 bits per heavy atom. The van der Waals surface area contributed by atoms with Gasteiger partial charge in [0.2, 0.25) is 0 Å². The van der Waals surface area contributed by atoms with E-state index in [0.29, 0.717) is 0 Å². The van der Waals surface area contributed by atoms with E-state index >= 15 is 0 Å². The molecule has 19 heavy (non-hydrogen) atoms. The van der Waals surface area contributed by atoms with E-state index in [-0.39, 0.29) is 6.04 Å². The summed E-state index contributed by atoms with van der Waals surface area (Å²) in [5, 5.41) is 3.45. The van der Waals surface area contributed by atoms with E-state index in [1.165, 1.54) is 0 Å². The highest BCUT2D eigenvalue weighted by molar-refractivity contribution is 9.10. The molecule has 0 bridgehead atoms. The van der Waals surface area contributed by atoms with Gasteiger partial charge in [-0.15, -0.1) is 0 Å². The Kier molecular flexibility index (Phi) is 5.07. The number of methoxy groups -OCH3 is 1. The summed E-state index contributed by atoms with van der Waals surface area (Å²) in [6.45, 7) is 2.92. The van der Waals surface area contributed by atoms with Gasteiger partial charge in [-0.05, 0) is 46.7 Å². The summed E-state index contributed by atoms with van der Waals surface area (Å²) < 4.78 is 12.6. The molecular weight excluding hydrogens is 374 g/mol. The fourth-order valence-corrected chi connectivity index (χ4v) is 2.88. The Morgan fingerprint density at radius 3 is 2.63 bits per heavy atom. The van der Waals surface area contributed by atoms with Crippen molar-refractivity contribution in [1.82, 2.24) is 5.32 Å². The number of rotatable bonds is 5. The van der Waals surface area contributed by atoms with Crippen LogP contribution in [-0.2, 0) is 0 Å². The van der Waals surface area contributed by atoms with Crippen molar-refractivity contribution in [2.24, 2.45) is 0 Å². The summed E-state index contributed by atoms with van der Waals surface area (Å²) >= 11 is 6.95. The highest BCUT2D eigenvalue weighted by Gasteiger charge is 2.21. The number of hydrogen-bond acceptors (Lipinski definition) is 3. The number of hydrogen-bond donors (Lipinski definition) is 1. The molecule has 0 aliphatic rings. The van der Waals surface area contributed by atoms with Gasteiger partial charge in [0.25, 0.3) is 0 Å². The normalized spacial score (nSPS) is 12.4. The number of nitrogens with one attached hydrogen (secondary N) is 1. The number of halogens is 2. The molecule has 1 unspecified atom stereocenters. The Bertz CT molecular complexity index is 554. The van der Waals surface area contributed by atoms with Gasteiger partial charge in [-0.2, -0.15) is 0 Å². The van der Waals surface area contributed by atoms with Crippen molar-refractivity contribution in [2.45, 2.75) is 13.0 Å². The van der Waals surface area contributed by atoms with Gasteiger partial charge in [0.05, 0.1) is 19.4 Å². The zero-order chi connectivity index (χ0) is 13.8. The first-order valence-electron chi connectivity index (χ1n) is 5.97. The molecule has 5 heteroatoms. The number of benzene rings is 1. The van der Waals surface area contributed by atoms with Crippen molar-refractivity contribution < 1.29 is 9.15 Å². The molecule has 0 saturated heterocycles. The van der Waals surface area contributed by atoms with E-state index in [9.17, 15) is 0 Å². The van der Waals surface area contributed by atoms with E-state index in [0.717, 1.165) is 32.6 Å². The summed E-state index contributed by atoms with van der Waals surface area (Å²) in [6.07, 6.45) is 1.67.